The first-order chi connectivity index (χ1) is 8.44. The number of rotatable bonds is 3. The summed E-state index contributed by atoms with van der Waals surface area (Å²) in [7, 11) is 1.54. The van der Waals surface area contributed by atoms with Gasteiger partial charge in [0, 0.05) is 12.8 Å². The van der Waals surface area contributed by atoms with Crippen molar-refractivity contribution in [2.24, 2.45) is 0 Å². The van der Waals surface area contributed by atoms with Gasteiger partial charge in [0.25, 0.3) is 5.89 Å². The number of anilines is 1. The Bertz CT molecular complexity index is 566. The van der Waals surface area contributed by atoms with Crippen LogP contribution in [0.3, 0.4) is 0 Å². The summed E-state index contributed by atoms with van der Waals surface area (Å²) in [5, 5.41) is 3.79. The molecular weight excluding hydrogens is 237 g/mol. The number of benzene rings is 1. The van der Waals surface area contributed by atoms with Crippen molar-refractivity contribution < 1.29 is 13.7 Å². The summed E-state index contributed by atoms with van der Waals surface area (Å²) in [6.07, 6.45) is 0. The molecule has 0 amide bonds. The smallest absolute Gasteiger partial charge is 0.261 e. The number of hydrogen-bond donors (Lipinski definition) is 1. The SMILES string of the molecule is COC(C)(C)c1noc(-c2cc(N)ccc2F)n1. The number of methoxy groups -OCH3 is 1. The first-order valence-corrected chi connectivity index (χ1v) is 5.39. The molecule has 0 bridgehead atoms. The second-order valence-corrected chi connectivity index (χ2v) is 4.38. The monoisotopic (exact) mass is 251 g/mol. The predicted octanol–water partition coefficient (Wildman–Crippen LogP) is 2.34. The zero-order valence-corrected chi connectivity index (χ0v) is 10.4. The van der Waals surface area contributed by atoms with E-state index in [2.05, 4.69) is 10.1 Å². The average Bonchev–Trinajstić information content (AvgIpc) is 2.82. The maximum Gasteiger partial charge on any atom is 0.261 e. The number of nitrogens with zero attached hydrogens (tertiary/aromatic N) is 2. The van der Waals surface area contributed by atoms with Crippen LogP contribution in [0.1, 0.15) is 19.7 Å². The summed E-state index contributed by atoms with van der Waals surface area (Å²) in [6.45, 7) is 3.58. The lowest BCUT2D eigenvalue weighted by Crippen LogP contribution is -2.21. The Morgan fingerprint density at radius 1 is 1.39 bits per heavy atom. The van der Waals surface area contributed by atoms with Gasteiger partial charge in [-0.2, -0.15) is 4.98 Å². The molecule has 0 atom stereocenters. The topological polar surface area (TPSA) is 74.2 Å². The molecule has 6 heteroatoms. The minimum Gasteiger partial charge on any atom is -0.399 e. The molecule has 0 fully saturated rings. The summed E-state index contributed by atoms with van der Waals surface area (Å²) < 4.78 is 23.9. The van der Waals surface area contributed by atoms with Gasteiger partial charge in [-0.3, -0.25) is 0 Å². The van der Waals surface area contributed by atoms with E-state index in [4.69, 9.17) is 15.0 Å². The second kappa shape index (κ2) is 4.38. The van der Waals surface area contributed by atoms with Crippen LogP contribution < -0.4 is 5.73 Å². The van der Waals surface area contributed by atoms with E-state index < -0.39 is 11.4 Å². The highest BCUT2D eigenvalue weighted by molar-refractivity contribution is 5.60. The summed E-state index contributed by atoms with van der Waals surface area (Å²) in [4.78, 5) is 4.13. The van der Waals surface area contributed by atoms with Gasteiger partial charge in [-0.25, -0.2) is 4.39 Å². The Balaban J connectivity index is 2.44. The third kappa shape index (κ3) is 2.19. The van der Waals surface area contributed by atoms with Crippen LogP contribution in [0.5, 0.6) is 0 Å². The molecule has 0 spiro atoms. The standard InChI is InChI=1S/C12H14FN3O2/c1-12(2,17-3)11-15-10(18-16-11)8-6-7(14)4-5-9(8)13/h4-6H,14H2,1-3H3. The highest BCUT2D eigenvalue weighted by atomic mass is 19.1. The molecule has 5 nitrogen and oxygen atoms in total. The molecule has 0 radical (unpaired) electrons. The lowest BCUT2D eigenvalue weighted by molar-refractivity contribution is 0.00973. The molecule has 1 aromatic carbocycles. The molecule has 2 rings (SSSR count). The Hall–Kier alpha value is -1.95. The Kier molecular flexibility index (Phi) is 3.04. The zero-order valence-electron chi connectivity index (χ0n) is 10.4. The highest BCUT2D eigenvalue weighted by Crippen LogP contribution is 2.27. The van der Waals surface area contributed by atoms with Crippen LogP contribution in [0.25, 0.3) is 11.5 Å². The number of aromatic nitrogens is 2. The normalized spacial score (nSPS) is 11.8. The molecule has 1 heterocycles. The van der Waals surface area contributed by atoms with E-state index in [-0.39, 0.29) is 11.5 Å². The average molecular weight is 251 g/mol. The number of ether oxygens (including phenoxy) is 1. The first kappa shape index (κ1) is 12.5. The van der Waals surface area contributed by atoms with Crippen molar-refractivity contribution in [3.63, 3.8) is 0 Å². The molecule has 1 aromatic heterocycles. The molecule has 2 aromatic rings. The predicted molar refractivity (Wildman–Crippen MR) is 64.1 cm³/mol. The Labute approximate surface area is 104 Å². The van der Waals surface area contributed by atoms with E-state index in [9.17, 15) is 4.39 Å². The molecular formula is C12H14FN3O2. The lowest BCUT2D eigenvalue weighted by atomic mass is 10.1. The van der Waals surface area contributed by atoms with Crippen LogP contribution in [0, 0.1) is 5.82 Å². The zero-order chi connectivity index (χ0) is 13.3. The minimum atomic E-state index is -0.696. The van der Waals surface area contributed by atoms with Gasteiger partial charge in [-0.15, -0.1) is 0 Å². The number of halogens is 1. The summed E-state index contributed by atoms with van der Waals surface area (Å²) >= 11 is 0. The first-order valence-electron chi connectivity index (χ1n) is 5.39. The van der Waals surface area contributed by atoms with E-state index in [1.54, 1.807) is 13.8 Å². The van der Waals surface area contributed by atoms with Crippen molar-refractivity contribution in [3.8, 4) is 11.5 Å². The lowest BCUT2D eigenvalue weighted by Gasteiger charge is -2.17. The van der Waals surface area contributed by atoms with Gasteiger partial charge in [0.05, 0.1) is 5.56 Å². The fourth-order valence-electron chi connectivity index (χ4n) is 1.38. The molecule has 2 N–H and O–H groups in total. The van der Waals surface area contributed by atoms with E-state index >= 15 is 0 Å². The number of nitrogen functional groups attached to an aromatic ring is 1. The Morgan fingerprint density at radius 2 is 2.11 bits per heavy atom. The minimum absolute atomic E-state index is 0.0833. The van der Waals surface area contributed by atoms with E-state index in [1.165, 1.54) is 25.3 Å². The van der Waals surface area contributed by atoms with Gasteiger partial charge < -0.3 is 15.0 Å². The summed E-state index contributed by atoms with van der Waals surface area (Å²) in [5.74, 6) is -0.0311. The largest absolute Gasteiger partial charge is 0.399 e. The van der Waals surface area contributed by atoms with Gasteiger partial charge in [0.2, 0.25) is 5.82 Å². The van der Waals surface area contributed by atoms with E-state index in [0.717, 1.165) is 0 Å². The van der Waals surface area contributed by atoms with Crippen molar-refractivity contribution in [1.29, 1.82) is 0 Å². The third-order valence-electron chi connectivity index (χ3n) is 2.70. The molecule has 0 saturated carbocycles. The van der Waals surface area contributed by atoms with Crippen LogP contribution >= 0.6 is 0 Å². The highest BCUT2D eigenvalue weighted by Gasteiger charge is 2.27. The summed E-state index contributed by atoms with van der Waals surface area (Å²) in [5.41, 5.74) is 5.52. The maximum absolute atomic E-state index is 13.6. The molecule has 0 aliphatic rings. The molecule has 18 heavy (non-hydrogen) atoms. The van der Waals surface area contributed by atoms with Crippen molar-refractivity contribution in [3.05, 3.63) is 29.8 Å². The van der Waals surface area contributed by atoms with Crippen LogP contribution in [0.2, 0.25) is 0 Å². The number of nitrogens with two attached hydrogens (primary N) is 1. The maximum atomic E-state index is 13.6. The van der Waals surface area contributed by atoms with E-state index in [1.807, 2.05) is 0 Å². The Morgan fingerprint density at radius 3 is 2.78 bits per heavy atom. The van der Waals surface area contributed by atoms with Crippen molar-refractivity contribution in [2.75, 3.05) is 12.8 Å². The van der Waals surface area contributed by atoms with Gasteiger partial charge in [0.1, 0.15) is 11.4 Å². The van der Waals surface area contributed by atoms with Crippen LogP contribution in [-0.4, -0.2) is 17.3 Å². The molecule has 96 valence electrons. The van der Waals surface area contributed by atoms with Crippen molar-refractivity contribution in [2.45, 2.75) is 19.4 Å². The van der Waals surface area contributed by atoms with Crippen LogP contribution in [0.15, 0.2) is 22.7 Å². The van der Waals surface area contributed by atoms with Gasteiger partial charge in [0.15, 0.2) is 0 Å². The molecule has 0 aliphatic heterocycles. The van der Waals surface area contributed by atoms with Gasteiger partial charge in [-0.1, -0.05) is 5.16 Å². The van der Waals surface area contributed by atoms with Gasteiger partial charge >= 0.3 is 0 Å². The third-order valence-corrected chi connectivity index (χ3v) is 2.70. The quantitative estimate of drug-likeness (QED) is 0.847. The number of hydrogen-bond acceptors (Lipinski definition) is 5. The van der Waals surface area contributed by atoms with Gasteiger partial charge in [-0.05, 0) is 32.0 Å². The molecule has 0 saturated heterocycles. The van der Waals surface area contributed by atoms with Crippen LogP contribution in [-0.2, 0) is 10.3 Å². The fourth-order valence-corrected chi connectivity index (χ4v) is 1.38. The molecule has 0 aliphatic carbocycles. The molecule has 0 unspecified atom stereocenters. The van der Waals surface area contributed by atoms with E-state index in [0.29, 0.717) is 11.5 Å². The summed E-state index contributed by atoms with van der Waals surface area (Å²) in [6, 6.07) is 4.18. The van der Waals surface area contributed by atoms with Crippen molar-refractivity contribution in [1.82, 2.24) is 10.1 Å². The second-order valence-electron chi connectivity index (χ2n) is 4.38. The fraction of sp³-hybridized carbons (Fsp3) is 0.333. The van der Waals surface area contributed by atoms with Crippen LogP contribution in [0.4, 0.5) is 10.1 Å². The van der Waals surface area contributed by atoms with Crippen molar-refractivity contribution >= 4 is 5.69 Å².